The zero-order valence-corrected chi connectivity index (χ0v) is 11.8. The van der Waals surface area contributed by atoms with Crippen molar-refractivity contribution in [3.63, 3.8) is 0 Å². The zero-order chi connectivity index (χ0) is 11.9. The molecule has 4 heteroatoms. The molecule has 1 N–H and O–H groups in total. The van der Waals surface area contributed by atoms with Gasteiger partial charge >= 0.3 is 0 Å². The predicted octanol–water partition coefficient (Wildman–Crippen LogP) is 2.16. The molecule has 16 heavy (non-hydrogen) atoms. The fourth-order valence-electron chi connectivity index (χ4n) is 1.88. The lowest BCUT2D eigenvalue weighted by Gasteiger charge is -2.21. The first-order valence-electron chi connectivity index (χ1n) is 5.27. The van der Waals surface area contributed by atoms with Gasteiger partial charge in [0.15, 0.2) is 0 Å². The molecule has 0 saturated carbocycles. The molecular weight excluding hydrogens is 315 g/mol. The SMILES string of the molecule is CC(c1cc(I)c2c(c1)CNC2=O)N(C)C. The van der Waals surface area contributed by atoms with Gasteiger partial charge in [-0.05, 0) is 60.8 Å². The van der Waals surface area contributed by atoms with Gasteiger partial charge in [-0.1, -0.05) is 6.07 Å². The second-order valence-electron chi connectivity index (χ2n) is 4.36. The van der Waals surface area contributed by atoms with Crippen LogP contribution in [0, 0.1) is 3.57 Å². The van der Waals surface area contributed by atoms with Crippen molar-refractivity contribution in [1.82, 2.24) is 10.2 Å². The number of amides is 1. The van der Waals surface area contributed by atoms with Gasteiger partial charge in [-0.25, -0.2) is 0 Å². The molecule has 0 aliphatic carbocycles. The maximum Gasteiger partial charge on any atom is 0.252 e. The fraction of sp³-hybridized carbons (Fsp3) is 0.417. The highest BCUT2D eigenvalue weighted by molar-refractivity contribution is 14.1. The third-order valence-electron chi connectivity index (χ3n) is 3.12. The van der Waals surface area contributed by atoms with Gasteiger partial charge < -0.3 is 10.2 Å². The Morgan fingerprint density at radius 3 is 2.75 bits per heavy atom. The van der Waals surface area contributed by atoms with Crippen LogP contribution >= 0.6 is 22.6 Å². The third-order valence-corrected chi connectivity index (χ3v) is 3.97. The Morgan fingerprint density at radius 1 is 1.44 bits per heavy atom. The highest BCUT2D eigenvalue weighted by atomic mass is 127. The summed E-state index contributed by atoms with van der Waals surface area (Å²) < 4.78 is 1.05. The van der Waals surface area contributed by atoms with Gasteiger partial charge in [0.05, 0.1) is 5.56 Å². The first-order valence-corrected chi connectivity index (χ1v) is 6.35. The molecule has 0 bridgehead atoms. The summed E-state index contributed by atoms with van der Waals surface area (Å²) in [5.74, 6) is 0.0588. The molecule has 86 valence electrons. The van der Waals surface area contributed by atoms with Gasteiger partial charge in [-0.15, -0.1) is 0 Å². The normalized spacial score (nSPS) is 16.2. The van der Waals surface area contributed by atoms with Crippen LogP contribution in [0.15, 0.2) is 12.1 Å². The van der Waals surface area contributed by atoms with E-state index in [1.807, 2.05) is 0 Å². The molecule has 1 aromatic rings. The molecule has 0 aromatic heterocycles. The van der Waals surface area contributed by atoms with E-state index in [0.717, 1.165) is 14.7 Å². The van der Waals surface area contributed by atoms with Gasteiger partial charge in [-0.3, -0.25) is 4.79 Å². The summed E-state index contributed by atoms with van der Waals surface area (Å²) in [4.78, 5) is 13.7. The van der Waals surface area contributed by atoms with Gasteiger partial charge in [0.2, 0.25) is 0 Å². The molecule has 1 amide bonds. The largest absolute Gasteiger partial charge is 0.348 e. The monoisotopic (exact) mass is 330 g/mol. The first-order chi connectivity index (χ1) is 7.50. The smallest absolute Gasteiger partial charge is 0.252 e. The highest BCUT2D eigenvalue weighted by Gasteiger charge is 2.23. The van der Waals surface area contributed by atoms with Crippen LogP contribution in [-0.2, 0) is 6.54 Å². The Labute approximate surface area is 109 Å². The summed E-state index contributed by atoms with van der Waals surface area (Å²) in [5, 5.41) is 2.86. The van der Waals surface area contributed by atoms with E-state index < -0.39 is 0 Å². The number of rotatable bonds is 2. The summed E-state index contributed by atoms with van der Waals surface area (Å²) in [6.07, 6.45) is 0. The van der Waals surface area contributed by atoms with Crippen molar-refractivity contribution in [2.24, 2.45) is 0 Å². The van der Waals surface area contributed by atoms with E-state index in [2.05, 4.69) is 66.0 Å². The molecule has 1 heterocycles. The van der Waals surface area contributed by atoms with Crippen LogP contribution in [-0.4, -0.2) is 24.9 Å². The molecule has 1 aliphatic heterocycles. The van der Waals surface area contributed by atoms with E-state index in [1.165, 1.54) is 5.56 Å². The molecule has 0 saturated heterocycles. The molecule has 1 aliphatic rings. The van der Waals surface area contributed by atoms with Crippen LogP contribution in [0.4, 0.5) is 0 Å². The van der Waals surface area contributed by atoms with Crippen molar-refractivity contribution in [2.75, 3.05) is 14.1 Å². The number of carbonyl (C=O) groups is 1. The lowest BCUT2D eigenvalue weighted by Crippen LogP contribution is -2.17. The van der Waals surface area contributed by atoms with Crippen LogP contribution in [0.2, 0.25) is 0 Å². The molecule has 0 fully saturated rings. The fourth-order valence-corrected chi connectivity index (χ4v) is 2.83. The third kappa shape index (κ3) is 1.96. The molecule has 1 atom stereocenters. The van der Waals surface area contributed by atoms with E-state index >= 15 is 0 Å². The van der Waals surface area contributed by atoms with Crippen molar-refractivity contribution in [1.29, 1.82) is 0 Å². The van der Waals surface area contributed by atoms with Crippen molar-refractivity contribution in [3.8, 4) is 0 Å². The molecule has 2 rings (SSSR count). The minimum absolute atomic E-state index is 0.0588. The maximum atomic E-state index is 11.6. The second-order valence-corrected chi connectivity index (χ2v) is 5.52. The summed E-state index contributed by atoms with van der Waals surface area (Å²) in [7, 11) is 4.13. The summed E-state index contributed by atoms with van der Waals surface area (Å²) in [6.45, 7) is 2.83. The van der Waals surface area contributed by atoms with E-state index in [9.17, 15) is 4.79 Å². The van der Waals surface area contributed by atoms with Crippen molar-refractivity contribution < 1.29 is 4.79 Å². The summed E-state index contributed by atoms with van der Waals surface area (Å²) in [5.41, 5.74) is 3.25. The second kappa shape index (κ2) is 4.33. The molecule has 1 unspecified atom stereocenters. The van der Waals surface area contributed by atoms with Crippen LogP contribution in [0.25, 0.3) is 0 Å². The highest BCUT2D eigenvalue weighted by Crippen LogP contribution is 2.28. The van der Waals surface area contributed by atoms with Gasteiger partial charge in [0.1, 0.15) is 0 Å². The van der Waals surface area contributed by atoms with Crippen LogP contribution < -0.4 is 5.32 Å². The zero-order valence-electron chi connectivity index (χ0n) is 9.67. The van der Waals surface area contributed by atoms with Crippen LogP contribution in [0.5, 0.6) is 0 Å². The first kappa shape index (κ1) is 11.9. The molecule has 0 spiro atoms. The number of hydrogen-bond acceptors (Lipinski definition) is 2. The average molecular weight is 330 g/mol. The van der Waals surface area contributed by atoms with Crippen molar-refractivity contribution in [3.05, 3.63) is 32.4 Å². The van der Waals surface area contributed by atoms with Crippen molar-refractivity contribution in [2.45, 2.75) is 19.5 Å². The quantitative estimate of drug-likeness (QED) is 0.843. The minimum atomic E-state index is 0.0588. The summed E-state index contributed by atoms with van der Waals surface area (Å²) in [6, 6.07) is 4.61. The standard InChI is InChI=1S/C12H15IN2O/c1-7(15(2)3)8-4-9-6-14-12(16)11(9)10(13)5-8/h4-5,7H,6H2,1-3H3,(H,14,16). The Morgan fingerprint density at radius 2 is 2.12 bits per heavy atom. The molecule has 0 radical (unpaired) electrons. The predicted molar refractivity (Wildman–Crippen MR) is 72.4 cm³/mol. The Hall–Kier alpha value is -0.620. The molecular formula is C12H15IN2O. The number of hydrogen-bond donors (Lipinski definition) is 1. The number of halogens is 1. The van der Waals surface area contributed by atoms with Gasteiger partial charge in [-0.2, -0.15) is 0 Å². The van der Waals surface area contributed by atoms with E-state index in [0.29, 0.717) is 12.6 Å². The van der Waals surface area contributed by atoms with E-state index in [1.54, 1.807) is 0 Å². The maximum absolute atomic E-state index is 11.6. The number of nitrogens with one attached hydrogen (secondary N) is 1. The van der Waals surface area contributed by atoms with Crippen LogP contribution in [0.3, 0.4) is 0 Å². The number of nitrogens with zero attached hydrogens (tertiary/aromatic N) is 1. The Balaban J connectivity index is 2.46. The Kier molecular flexibility index (Phi) is 3.21. The minimum Gasteiger partial charge on any atom is -0.348 e. The van der Waals surface area contributed by atoms with Crippen LogP contribution in [0.1, 0.15) is 34.5 Å². The van der Waals surface area contributed by atoms with E-state index in [4.69, 9.17) is 0 Å². The Bertz CT molecular complexity index is 443. The lowest BCUT2D eigenvalue weighted by atomic mass is 10.0. The molecule has 1 aromatic carbocycles. The van der Waals surface area contributed by atoms with Gasteiger partial charge in [0, 0.05) is 16.2 Å². The molecule has 3 nitrogen and oxygen atoms in total. The number of fused-ring (bicyclic) bond motifs is 1. The van der Waals surface area contributed by atoms with Crippen molar-refractivity contribution >= 4 is 28.5 Å². The van der Waals surface area contributed by atoms with Gasteiger partial charge in [0.25, 0.3) is 5.91 Å². The summed E-state index contributed by atoms with van der Waals surface area (Å²) >= 11 is 2.24. The topological polar surface area (TPSA) is 32.3 Å². The average Bonchev–Trinajstić information content (AvgIpc) is 2.59. The number of benzene rings is 1. The number of carbonyl (C=O) groups excluding carboxylic acids is 1. The van der Waals surface area contributed by atoms with E-state index in [-0.39, 0.29) is 5.91 Å². The lowest BCUT2D eigenvalue weighted by molar-refractivity contribution is 0.0965.